The molecule has 1 aromatic carbocycles. The molecule has 4 atom stereocenters. The number of hydrogen-bond donors (Lipinski definition) is 1. The molecule has 0 saturated carbocycles. The highest BCUT2D eigenvalue weighted by molar-refractivity contribution is 6.05. The lowest BCUT2D eigenvalue weighted by atomic mass is 9.70. The molecule has 0 bridgehead atoms. The second-order valence-corrected chi connectivity index (χ2v) is 8.28. The molecule has 4 rings (SSSR count). The van der Waals surface area contributed by atoms with Crippen LogP contribution >= 0.6 is 0 Å². The predicted octanol–water partition coefficient (Wildman–Crippen LogP) is 2.79. The van der Waals surface area contributed by atoms with E-state index < -0.39 is 5.60 Å². The van der Waals surface area contributed by atoms with Crippen molar-refractivity contribution in [3.05, 3.63) is 35.6 Å². The van der Waals surface area contributed by atoms with Gasteiger partial charge in [0.15, 0.2) is 0 Å². The lowest BCUT2D eigenvalue weighted by molar-refractivity contribution is -0.137. The van der Waals surface area contributed by atoms with Crippen molar-refractivity contribution in [2.45, 2.75) is 37.8 Å². The quantitative estimate of drug-likeness (QED) is 0.453. The number of carbonyl (C=O) groups is 1. The van der Waals surface area contributed by atoms with Crippen LogP contribution in [0.5, 0.6) is 5.75 Å². The third-order valence-electron chi connectivity index (χ3n) is 6.92. The van der Waals surface area contributed by atoms with E-state index in [9.17, 15) is 9.90 Å². The topological polar surface area (TPSA) is 80.6 Å². The fourth-order valence-electron chi connectivity index (χ4n) is 5.45. The van der Waals surface area contributed by atoms with Gasteiger partial charge in [0.1, 0.15) is 11.4 Å². The largest absolute Gasteiger partial charge is 0.504 e. The number of fused-ring (bicyclic) bond motifs is 5. The van der Waals surface area contributed by atoms with Crippen LogP contribution in [0, 0.1) is 11.8 Å². The molecule has 1 aromatic rings. The number of aliphatic hydroxyl groups is 1. The number of esters is 1. The second kappa shape index (κ2) is 8.04. The van der Waals surface area contributed by atoms with Crippen molar-refractivity contribution in [1.29, 1.82) is 0 Å². The van der Waals surface area contributed by atoms with Gasteiger partial charge in [-0.2, -0.15) is 0 Å². The van der Waals surface area contributed by atoms with Crippen molar-refractivity contribution in [2.75, 3.05) is 34.4 Å². The summed E-state index contributed by atoms with van der Waals surface area (Å²) in [6, 6.07) is 5.63. The van der Waals surface area contributed by atoms with E-state index in [1.54, 1.807) is 14.2 Å². The van der Waals surface area contributed by atoms with Gasteiger partial charge >= 0.3 is 5.97 Å². The molecule has 3 aliphatic rings. The normalized spacial score (nSPS) is 30.6. The van der Waals surface area contributed by atoms with Gasteiger partial charge in [-0.05, 0) is 36.8 Å². The van der Waals surface area contributed by atoms with Gasteiger partial charge in [0.25, 0.3) is 0 Å². The predicted molar refractivity (Wildman–Crippen MR) is 113 cm³/mol. The number of methoxy groups -OCH3 is 3. The smallest absolute Gasteiger partial charge is 0.337 e. The SMILES string of the molecule is CCC1CN2CC[C@@]3(O)C(=Nc4cccc(OC)c43)[C@@H]2C[C@@H]1/C(=C\OC)C(=O)OC. The minimum atomic E-state index is -1.14. The van der Waals surface area contributed by atoms with Crippen LogP contribution in [0.2, 0.25) is 0 Å². The molecular weight excluding hydrogens is 384 g/mol. The van der Waals surface area contributed by atoms with E-state index in [0.717, 1.165) is 36.5 Å². The summed E-state index contributed by atoms with van der Waals surface area (Å²) >= 11 is 0. The van der Waals surface area contributed by atoms with Crippen LogP contribution in [0.3, 0.4) is 0 Å². The number of piperidine rings is 2. The first-order valence-corrected chi connectivity index (χ1v) is 10.5. The number of benzene rings is 1. The van der Waals surface area contributed by atoms with Crippen molar-refractivity contribution in [1.82, 2.24) is 4.90 Å². The molecule has 2 saturated heterocycles. The van der Waals surface area contributed by atoms with Gasteiger partial charge in [-0.15, -0.1) is 0 Å². The number of rotatable bonds is 5. The standard InChI is InChI=1S/C23H30N2O5/c1-5-14-12-25-10-9-23(27)20-17(7-6-8-19(20)29-3)24-21(23)18(25)11-15(14)16(13-28-2)22(26)30-4/h6-8,13-15,18,27H,5,9-12H2,1-4H3/b16-13+/t14?,15-,18-,23-/m0/s1. The number of nitrogens with zero attached hydrogens (tertiary/aromatic N) is 2. The zero-order chi connectivity index (χ0) is 21.5. The summed E-state index contributed by atoms with van der Waals surface area (Å²) in [5.74, 6) is 0.569. The Hall–Kier alpha value is -2.38. The fourth-order valence-corrected chi connectivity index (χ4v) is 5.45. The number of carbonyl (C=O) groups excluding carboxylic acids is 1. The Morgan fingerprint density at radius 2 is 2.17 bits per heavy atom. The van der Waals surface area contributed by atoms with E-state index in [0.29, 0.717) is 30.1 Å². The summed E-state index contributed by atoms with van der Waals surface area (Å²) < 4.78 is 15.8. The van der Waals surface area contributed by atoms with Crippen LogP contribution in [0.1, 0.15) is 31.7 Å². The fraction of sp³-hybridized carbons (Fsp3) is 0.565. The molecule has 0 aromatic heterocycles. The molecule has 0 radical (unpaired) electrons. The summed E-state index contributed by atoms with van der Waals surface area (Å²) in [5.41, 5.74) is 1.70. The summed E-state index contributed by atoms with van der Waals surface area (Å²) in [7, 11) is 4.56. The van der Waals surface area contributed by atoms with Gasteiger partial charge in [-0.1, -0.05) is 19.4 Å². The Bertz CT molecular complexity index is 896. The van der Waals surface area contributed by atoms with Crippen molar-refractivity contribution >= 4 is 17.4 Å². The molecule has 0 spiro atoms. The van der Waals surface area contributed by atoms with Crippen molar-refractivity contribution in [3.63, 3.8) is 0 Å². The van der Waals surface area contributed by atoms with Crippen LogP contribution in [-0.4, -0.2) is 62.1 Å². The highest BCUT2D eigenvalue weighted by atomic mass is 16.5. The van der Waals surface area contributed by atoms with Crippen molar-refractivity contribution in [2.24, 2.45) is 16.8 Å². The summed E-state index contributed by atoms with van der Waals surface area (Å²) in [6.45, 7) is 3.75. The third-order valence-corrected chi connectivity index (χ3v) is 6.92. The van der Waals surface area contributed by atoms with Gasteiger partial charge in [-0.25, -0.2) is 4.79 Å². The van der Waals surface area contributed by atoms with Crippen LogP contribution in [-0.2, 0) is 19.9 Å². The maximum absolute atomic E-state index is 12.5. The monoisotopic (exact) mass is 414 g/mol. The Labute approximate surface area is 177 Å². The van der Waals surface area contributed by atoms with Gasteiger partial charge in [0.2, 0.25) is 0 Å². The molecular formula is C23H30N2O5. The molecule has 0 amide bonds. The molecule has 1 unspecified atom stereocenters. The van der Waals surface area contributed by atoms with Crippen molar-refractivity contribution in [3.8, 4) is 5.75 Å². The van der Waals surface area contributed by atoms with E-state index >= 15 is 0 Å². The highest BCUT2D eigenvalue weighted by Gasteiger charge is 2.54. The molecule has 7 nitrogen and oxygen atoms in total. The maximum Gasteiger partial charge on any atom is 0.337 e. The number of hydrogen-bond acceptors (Lipinski definition) is 7. The Morgan fingerprint density at radius 3 is 2.83 bits per heavy atom. The van der Waals surface area contributed by atoms with Crippen LogP contribution in [0.15, 0.2) is 35.0 Å². The Kier molecular flexibility index (Phi) is 5.59. The van der Waals surface area contributed by atoms with Gasteiger partial charge < -0.3 is 19.3 Å². The highest BCUT2D eigenvalue weighted by Crippen LogP contribution is 2.51. The zero-order valence-corrected chi connectivity index (χ0v) is 18.1. The third kappa shape index (κ3) is 3.11. The lowest BCUT2D eigenvalue weighted by Gasteiger charge is -2.50. The Balaban J connectivity index is 1.72. The first-order chi connectivity index (χ1) is 14.5. The van der Waals surface area contributed by atoms with E-state index in [2.05, 4.69) is 11.8 Å². The first kappa shape index (κ1) is 20.9. The minimum absolute atomic E-state index is 0.0284. The maximum atomic E-state index is 12.5. The van der Waals surface area contributed by atoms with Crippen LogP contribution < -0.4 is 4.74 Å². The van der Waals surface area contributed by atoms with E-state index in [1.165, 1.54) is 13.4 Å². The molecule has 2 fully saturated rings. The van der Waals surface area contributed by atoms with E-state index in [1.807, 2.05) is 18.2 Å². The van der Waals surface area contributed by atoms with E-state index in [4.69, 9.17) is 19.2 Å². The molecule has 7 heteroatoms. The molecule has 162 valence electrons. The molecule has 1 N–H and O–H groups in total. The van der Waals surface area contributed by atoms with Gasteiger partial charge in [-0.3, -0.25) is 9.89 Å². The summed E-state index contributed by atoms with van der Waals surface area (Å²) in [4.78, 5) is 19.8. The van der Waals surface area contributed by atoms with E-state index in [-0.39, 0.29) is 17.9 Å². The summed E-state index contributed by atoms with van der Waals surface area (Å²) in [6.07, 6.45) is 3.71. The number of aliphatic imine (C=N–C) groups is 1. The van der Waals surface area contributed by atoms with Crippen molar-refractivity contribution < 1.29 is 24.1 Å². The first-order valence-electron chi connectivity index (χ1n) is 10.5. The lowest BCUT2D eigenvalue weighted by Crippen LogP contribution is -2.60. The molecule has 3 aliphatic heterocycles. The van der Waals surface area contributed by atoms with Gasteiger partial charge in [0, 0.05) is 13.1 Å². The number of ether oxygens (including phenoxy) is 3. The average molecular weight is 415 g/mol. The Morgan fingerprint density at radius 1 is 1.37 bits per heavy atom. The van der Waals surface area contributed by atoms with Crippen LogP contribution in [0.4, 0.5) is 5.69 Å². The second-order valence-electron chi connectivity index (χ2n) is 8.28. The minimum Gasteiger partial charge on any atom is -0.504 e. The molecule has 0 aliphatic carbocycles. The van der Waals surface area contributed by atoms with Gasteiger partial charge in [0.05, 0.1) is 56.2 Å². The van der Waals surface area contributed by atoms with Crippen LogP contribution in [0.25, 0.3) is 0 Å². The molecule has 30 heavy (non-hydrogen) atoms. The average Bonchev–Trinajstić information content (AvgIpc) is 3.09. The zero-order valence-electron chi connectivity index (χ0n) is 18.1. The summed E-state index contributed by atoms with van der Waals surface area (Å²) in [5, 5.41) is 11.8. The molecule has 3 heterocycles.